The minimum Gasteiger partial charge on any atom is -0.508 e. The summed E-state index contributed by atoms with van der Waals surface area (Å²) in [5, 5.41) is 18.0. The van der Waals surface area contributed by atoms with Crippen molar-refractivity contribution in [3.63, 3.8) is 0 Å². The van der Waals surface area contributed by atoms with Crippen LogP contribution in [-0.4, -0.2) is 29.0 Å². The normalized spacial score (nSPS) is 15.1. The fourth-order valence-electron chi connectivity index (χ4n) is 5.12. The lowest BCUT2D eigenvalue weighted by atomic mass is 9.93. The first kappa shape index (κ1) is 32.4. The van der Waals surface area contributed by atoms with Gasteiger partial charge in [0.05, 0.1) is 0 Å². The van der Waals surface area contributed by atoms with E-state index in [4.69, 9.17) is 5.11 Å². The minimum absolute atomic E-state index is 0.0278. The van der Waals surface area contributed by atoms with Crippen molar-refractivity contribution in [1.82, 2.24) is 0 Å². The molecule has 1 fully saturated rings. The highest BCUT2D eigenvalue weighted by Crippen LogP contribution is 2.27. The number of carboxylic acids is 1. The van der Waals surface area contributed by atoms with Gasteiger partial charge in [-0.2, -0.15) is 0 Å². The van der Waals surface area contributed by atoms with Gasteiger partial charge in [-0.05, 0) is 48.4 Å². The quantitative estimate of drug-likeness (QED) is 0.162. The summed E-state index contributed by atoms with van der Waals surface area (Å²) >= 11 is 0. The number of halogens is 2. The number of carboxylic acid groups (broad SMARTS) is 1. The predicted molar refractivity (Wildman–Crippen MR) is 146 cm³/mol. The number of carbonyl (C=O) groups is 1. The highest BCUT2D eigenvalue weighted by Gasteiger charge is 2.12. The second kappa shape index (κ2) is 21.4. The summed E-state index contributed by atoms with van der Waals surface area (Å²) < 4.78 is 24.9. The number of benzene rings is 1. The number of phenolic OH excluding ortho intramolecular Hbond substituents is 1. The van der Waals surface area contributed by atoms with Crippen molar-refractivity contribution in [3.05, 3.63) is 29.3 Å². The van der Waals surface area contributed by atoms with Gasteiger partial charge in [0, 0.05) is 6.42 Å². The van der Waals surface area contributed by atoms with Crippen molar-refractivity contribution >= 4 is 5.97 Å². The number of rotatable bonds is 17. The highest BCUT2D eigenvalue weighted by atomic mass is 19.2. The molecule has 0 spiro atoms. The molecule has 1 aromatic rings. The summed E-state index contributed by atoms with van der Waals surface area (Å²) in [5.74, 6) is 0.220. The van der Waals surface area contributed by atoms with Crippen LogP contribution in [0.15, 0.2) is 18.2 Å². The average molecular weight is 511 g/mol. The van der Waals surface area contributed by atoms with Crippen LogP contribution in [0.5, 0.6) is 5.75 Å². The van der Waals surface area contributed by atoms with Gasteiger partial charge >= 0.3 is 5.97 Å². The minimum atomic E-state index is -1.51. The molecule has 0 radical (unpaired) electrons. The van der Waals surface area contributed by atoms with Crippen LogP contribution in [0.2, 0.25) is 0 Å². The fourth-order valence-corrected chi connectivity index (χ4v) is 5.12. The molecule has 36 heavy (non-hydrogen) atoms. The maximum atomic E-state index is 12.8. The predicted octanol–water partition coefficient (Wildman–Crippen LogP) is 9.53. The highest BCUT2D eigenvalue weighted by molar-refractivity contribution is 5.67. The second-order valence-electron chi connectivity index (χ2n) is 10.6. The molecule has 1 saturated carbocycles. The molecule has 1 aromatic carbocycles. The topological polar surface area (TPSA) is 57.5 Å². The number of aryl methyl sites for hydroxylation is 2. The summed E-state index contributed by atoms with van der Waals surface area (Å²) in [6.07, 6.45) is 23.0. The van der Waals surface area contributed by atoms with Crippen LogP contribution in [0.25, 0.3) is 0 Å². The lowest BCUT2D eigenvalue weighted by Gasteiger charge is -2.13. The Balaban J connectivity index is 0.000000360. The lowest BCUT2D eigenvalue weighted by molar-refractivity contribution is -0.136. The zero-order valence-corrected chi connectivity index (χ0v) is 22.8. The Kier molecular flexibility index (Phi) is 19.3. The smallest absolute Gasteiger partial charge is 0.303 e. The van der Waals surface area contributed by atoms with Gasteiger partial charge in [-0.15, -0.1) is 0 Å². The molecule has 208 valence electrons. The van der Waals surface area contributed by atoms with Gasteiger partial charge in [-0.3, -0.25) is 4.79 Å². The molecular weight excluding hydrogens is 458 g/mol. The molecule has 0 saturated heterocycles. The van der Waals surface area contributed by atoms with Crippen molar-refractivity contribution in [3.8, 4) is 5.75 Å². The Morgan fingerprint density at radius 2 is 1.53 bits per heavy atom. The first-order chi connectivity index (χ1) is 17.5. The number of alkyl halides is 2. The van der Waals surface area contributed by atoms with Crippen LogP contribution in [-0.2, 0) is 17.6 Å². The Morgan fingerprint density at radius 3 is 2.11 bits per heavy atom. The Labute approximate surface area is 219 Å². The SMILES string of the molecule is CCCCCCCCCCCC1CCCCCC1.O=C(O)CCc1ccc(O)cc1CCC(F)CF. The Bertz CT molecular complexity index is 672. The molecular formula is C31H52F2O3. The van der Waals surface area contributed by atoms with Gasteiger partial charge in [0.25, 0.3) is 0 Å². The van der Waals surface area contributed by atoms with E-state index in [1.165, 1.54) is 115 Å². The van der Waals surface area contributed by atoms with E-state index in [0.29, 0.717) is 12.0 Å². The van der Waals surface area contributed by atoms with Gasteiger partial charge in [0.15, 0.2) is 0 Å². The number of aliphatic carboxylic acids is 1. The van der Waals surface area contributed by atoms with Crippen molar-refractivity contribution in [2.24, 2.45) is 5.92 Å². The molecule has 5 heteroatoms. The standard InChI is InChI=1S/C18H36.C13H16F2O3/c1-2-3-4-5-6-7-8-9-12-15-18-16-13-10-11-14-17-18;14-8-11(15)4-1-10-7-12(16)5-2-9(10)3-6-13(17)18/h18H,2-17H2,1H3;2,5,7,11,16H,1,3-4,6,8H2,(H,17,18). The molecule has 0 aliphatic heterocycles. The van der Waals surface area contributed by atoms with E-state index >= 15 is 0 Å². The maximum absolute atomic E-state index is 12.8. The van der Waals surface area contributed by atoms with E-state index in [9.17, 15) is 18.7 Å². The number of hydrogen-bond acceptors (Lipinski definition) is 2. The Hall–Kier alpha value is -1.65. The van der Waals surface area contributed by atoms with Crippen molar-refractivity contribution in [2.75, 3.05) is 6.67 Å². The summed E-state index contributed by atoms with van der Waals surface area (Å²) in [7, 11) is 0. The molecule has 0 amide bonds. The monoisotopic (exact) mass is 510 g/mol. The molecule has 0 heterocycles. The van der Waals surface area contributed by atoms with Gasteiger partial charge in [-0.25, -0.2) is 8.78 Å². The molecule has 2 rings (SSSR count). The molecule has 3 nitrogen and oxygen atoms in total. The third kappa shape index (κ3) is 16.9. The third-order valence-electron chi connectivity index (χ3n) is 7.38. The molecule has 0 bridgehead atoms. The molecule has 1 aliphatic rings. The zero-order chi connectivity index (χ0) is 26.4. The van der Waals surface area contributed by atoms with Gasteiger partial charge in [-0.1, -0.05) is 116 Å². The summed E-state index contributed by atoms with van der Waals surface area (Å²) in [6.45, 7) is 1.27. The van der Waals surface area contributed by atoms with Gasteiger partial charge in [0.1, 0.15) is 18.6 Å². The Morgan fingerprint density at radius 1 is 0.917 bits per heavy atom. The number of unbranched alkanes of at least 4 members (excludes halogenated alkanes) is 8. The second-order valence-corrected chi connectivity index (χ2v) is 10.6. The molecule has 2 N–H and O–H groups in total. The largest absolute Gasteiger partial charge is 0.508 e. The average Bonchev–Trinajstić information content (AvgIpc) is 3.15. The molecule has 1 unspecified atom stereocenters. The van der Waals surface area contributed by atoms with Crippen molar-refractivity contribution in [1.29, 1.82) is 0 Å². The number of hydrogen-bond donors (Lipinski definition) is 2. The van der Waals surface area contributed by atoms with E-state index in [-0.39, 0.29) is 25.0 Å². The van der Waals surface area contributed by atoms with E-state index in [2.05, 4.69) is 6.92 Å². The van der Waals surface area contributed by atoms with E-state index in [1.807, 2.05) is 0 Å². The summed E-state index contributed by atoms with van der Waals surface area (Å²) in [5.41, 5.74) is 1.42. The number of phenols is 1. The van der Waals surface area contributed by atoms with E-state index < -0.39 is 18.8 Å². The first-order valence-electron chi connectivity index (χ1n) is 14.7. The summed E-state index contributed by atoms with van der Waals surface area (Å²) in [6, 6.07) is 4.56. The molecule has 1 aliphatic carbocycles. The third-order valence-corrected chi connectivity index (χ3v) is 7.38. The van der Waals surface area contributed by atoms with Crippen molar-refractivity contribution < 1.29 is 23.8 Å². The molecule has 1 atom stereocenters. The maximum Gasteiger partial charge on any atom is 0.303 e. The molecule has 0 aromatic heterocycles. The van der Waals surface area contributed by atoms with Gasteiger partial charge < -0.3 is 10.2 Å². The van der Waals surface area contributed by atoms with Crippen LogP contribution in [0.1, 0.15) is 134 Å². The van der Waals surface area contributed by atoms with Crippen LogP contribution in [0, 0.1) is 5.92 Å². The van der Waals surface area contributed by atoms with Crippen LogP contribution in [0.3, 0.4) is 0 Å². The lowest BCUT2D eigenvalue weighted by Crippen LogP contribution is -2.06. The van der Waals surface area contributed by atoms with Crippen LogP contribution in [0.4, 0.5) is 8.78 Å². The fraction of sp³-hybridized carbons (Fsp3) is 0.774. The van der Waals surface area contributed by atoms with Crippen LogP contribution < -0.4 is 0 Å². The summed E-state index contributed by atoms with van der Waals surface area (Å²) in [4.78, 5) is 10.5. The zero-order valence-electron chi connectivity index (χ0n) is 22.8. The van der Waals surface area contributed by atoms with E-state index in [1.54, 1.807) is 6.07 Å². The van der Waals surface area contributed by atoms with Gasteiger partial charge in [0.2, 0.25) is 0 Å². The van der Waals surface area contributed by atoms with Crippen molar-refractivity contribution in [2.45, 2.75) is 142 Å². The van der Waals surface area contributed by atoms with Crippen LogP contribution >= 0.6 is 0 Å². The first-order valence-corrected chi connectivity index (χ1v) is 14.7. The number of aromatic hydroxyl groups is 1. The van der Waals surface area contributed by atoms with E-state index in [0.717, 1.165) is 11.5 Å².